The van der Waals surface area contributed by atoms with Gasteiger partial charge < -0.3 is 14.8 Å². The van der Waals surface area contributed by atoms with Gasteiger partial charge in [-0.2, -0.15) is 0 Å². The van der Waals surface area contributed by atoms with Gasteiger partial charge in [0.1, 0.15) is 11.8 Å². The summed E-state index contributed by atoms with van der Waals surface area (Å²) < 4.78 is 10.6. The van der Waals surface area contributed by atoms with Crippen LogP contribution in [0, 0.1) is 6.92 Å². The van der Waals surface area contributed by atoms with Gasteiger partial charge in [-0.25, -0.2) is 0 Å². The molecule has 1 atom stereocenters. The number of carbonyl (C=O) groups is 1. The molecule has 19 heavy (non-hydrogen) atoms. The van der Waals surface area contributed by atoms with E-state index in [9.17, 15) is 4.79 Å². The van der Waals surface area contributed by atoms with Crippen LogP contribution in [-0.4, -0.2) is 32.3 Å². The summed E-state index contributed by atoms with van der Waals surface area (Å²) in [6.45, 7) is 3.35. The highest BCUT2D eigenvalue weighted by Gasteiger charge is 2.23. The molecule has 0 radical (unpaired) electrons. The van der Waals surface area contributed by atoms with Gasteiger partial charge in [0.05, 0.1) is 13.7 Å². The maximum absolute atomic E-state index is 11.7. The summed E-state index contributed by atoms with van der Waals surface area (Å²) in [6.07, 6.45) is 2.61. The van der Waals surface area contributed by atoms with Crippen molar-refractivity contribution in [3.8, 4) is 5.75 Å². The molecule has 2 rings (SSSR count). The van der Waals surface area contributed by atoms with Gasteiger partial charge in [0.2, 0.25) is 0 Å². The highest BCUT2D eigenvalue weighted by molar-refractivity contribution is 5.76. The molecule has 1 N–H and O–H groups in total. The van der Waals surface area contributed by atoms with Gasteiger partial charge >= 0.3 is 5.97 Å². The first-order chi connectivity index (χ1) is 9.20. The van der Waals surface area contributed by atoms with Crippen molar-refractivity contribution >= 4 is 5.97 Å². The molecule has 1 fully saturated rings. The van der Waals surface area contributed by atoms with E-state index in [1.165, 1.54) is 5.56 Å². The van der Waals surface area contributed by atoms with E-state index >= 15 is 0 Å². The van der Waals surface area contributed by atoms with E-state index in [1.807, 2.05) is 19.1 Å². The van der Waals surface area contributed by atoms with Gasteiger partial charge in [-0.05, 0) is 37.9 Å². The number of hydrogen-bond acceptors (Lipinski definition) is 4. The fourth-order valence-electron chi connectivity index (χ4n) is 2.35. The van der Waals surface area contributed by atoms with E-state index < -0.39 is 0 Å². The summed E-state index contributed by atoms with van der Waals surface area (Å²) in [5, 5.41) is 3.14. The minimum atomic E-state index is -0.135. The van der Waals surface area contributed by atoms with Crippen LogP contribution in [0.4, 0.5) is 0 Å². The first kappa shape index (κ1) is 13.9. The van der Waals surface area contributed by atoms with Crippen LogP contribution in [0.2, 0.25) is 0 Å². The summed E-state index contributed by atoms with van der Waals surface area (Å²) in [7, 11) is 1.66. The molecule has 1 unspecified atom stereocenters. The van der Waals surface area contributed by atoms with Crippen molar-refractivity contribution < 1.29 is 14.3 Å². The summed E-state index contributed by atoms with van der Waals surface area (Å²) in [5.74, 6) is 0.713. The molecule has 1 aliphatic heterocycles. The van der Waals surface area contributed by atoms with E-state index in [0.717, 1.165) is 30.7 Å². The lowest BCUT2D eigenvalue weighted by molar-refractivity contribution is -0.145. The predicted molar refractivity (Wildman–Crippen MR) is 73.4 cm³/mol. The Labute approximate surface area is 114 Å². The predicted octanol–water partition coefficient (Wildman–Crippen LogP) is 1.84. The number of carbonyl (C=O) groups excluding carboxylic acids is 1. The Bertz CT molecular complexity index is 439. The second-order valence-corrected chi connectivity index (χ2v) is 4.88. The van der Waals surface area contributed by atoms with Crippen LogP contribution >= 0.6 is 0 Å². The zero-order valence-electron chi connectivity index (χ0n) is 11.6. The van der Waals surface area contributed by atoms with Gasteiger partial charge in [0.25, 0.3) is 0 Å². The molecule has 104 valence electrons. The minimum Gasteiger partial charge on any atom is -0.496 e. The summed E-state index contributed by atoms with van der Waals surface area (Å²) in [6, 6.07) is 5.92. The van der Waals surface area contributed by atoms with Crippen LogP contribution < -0.4 is 10.1 Å². The molecule has 1 aliphatic rings. The third-order valence-corrected chi connectivity index (χ3v) is 3.40. The van der Waals surface area contributed by atoms with E-state index in [2.05, 4.69) is 11.4 Å². The van der Waals surface area contributed by atoms with E-state index in [0.29, 0.717) is 13.0 Å². The molecular weight excluding hydrogens is 242 g/mol. The van der Waals surface area contributed by atoms with Crippen LogP contribution in [0.25, 0.3) is 0 Å². The molecule has 0 bridgehead atoms. The SMILES string of the molecule is COc1ccc(C)cc1CCOC(=O)C1CCCN1. The fourth-order valence-corrected chi connectivity index (χ4v) is 2.35. The molecule has 0 spiro atoms. The molecule has 1 aromatic rings. The molecule has 1 heterocycles. The molecule has 0 amide bonds. The maximum atomic E-state index is 11.7. The third kappa shape index (κ3) is 3.70. The van der Waals surface area contributed by atoms with Crippen LogP contribution in [0.1, 0.15) is 24.0 Å². The number of benzene rings is 1. The third-order valence-electron chi connectivity index (χ3n) is 3.40. The first-order valence-corrected chi connectivity index (χ1v) is 6.74. The Kier molecular flexibility index (Phi) is 4.80. The second-order valence-electron chi connectivity index (χ2n) is 4.88. The Morgan fingerprint density at radius 1 is 1.47 bits per heavy atom. The number of nitrogens with one attached hydrogen (secondary N) is 1. The summed E-state index contributed by atoms with van der Waals surface area (Å²) in [4.78, 5) is 11.7. The number of ether oxygens (including phenoxy) is 2. The fraction of sp³-hybridized carbons (Fsp3) is 0.533. The monoisotopic (exact) mass is 263 g/mol. The summed E-state index contributed by atoms with van der Waals surface area (Å²) in [5.41, 5.74) is 2.26. The second kappa shape index (κ2) is 6.57. The Balaban J connectivity index is 1.84. The van der Waals surface area contributed by atoms with Crippen molar-refractivity contribution in [2.24, 2.45) is 0 Å². The zero-order valence-corrected chi connectivity index (χ0v) is 11.6. The summed E-state index contributed by atoms with van der Waals surface area (Å²) >= 11 is 0. The van der Waals surface area contributed by atoms with Crippen molar-refractivity contribution in [1.29, 1.82) is 0 Å². The van der Waals surface area contributed by atoms with Gasteiger partial charge in [0.15, 0.2) is 0 Å². The van der Waals surface area contributed by atoms with Crippen LogP contribution in [0.3, 0.4) is 0 Å². The number of esters is 1. The van der Waals surface area contributed by atoms with Crippen molar-refractivity contribution in [1.82, 2.24) is 5.32 Å². The highest BCUT2D eigenvalue weighted by Crippen LogP contribution is 2.20. The average molecular weight is 263 g/mol. The van der Waals surface area contributed by atoms with Crippen molar-refractivity contribution in [2.45, 2.75) is 32.2 Å². The number of methoxy groups -OCH3 is 1. The van der Waals surface area contributed by atoms with Crippen molar-refractivity contribution in [2.75, 3.05) is 20.3 Å². The van der Waals surface area contributed by atoms with Gasteiger partial charge in [-0.15, -0.1) is 0 Å². The minimum absolute atomic E-state index is 0.112. The zero-order chi connectivity index (χ0) is 13.7. The number of rotatable bonds is 5. The molecular formula is C15H21NO3. The quantitative estimate of drug-likeness (QED) is 0.824. The molecule has 4 heteroatoms. The Hall–Kier alpha value is -1.55. The van der Waals surface area contributed by atoms with E-state index in [4.69, 9.17) is 9.47 Å². The molecule has 0 saturated carbocycles. The number of aryl methyl sites for hydroxylation is 1. The van der Waals surface area contributed by atoms with E-state index in [-0.39, 0.29) is 12.0 Å². The lowest BCUT2D eigenvalue weighted by atomic mass is 10.1. The van der Waals surface area contributed by atoms with Crippen LogP contribution in [-0.2, 0) is 16.0 Å². The molecule has 1 saturated heterocycles. The maximum Gasteiger partial charge on any atom is 0.323 e. The normalized spacial score (nSPS) is 18.3. The topological polar surface area (TPSA) is 47.6 Å². The molecule has 0 aromatic heterocycles. The van der Waals surface area contributed by atoms with Crippen LogP contribution in [0.5, 0.6) is 5.75 Å². The van der Waals surface area contributed by atoms with Crippen molar-refractivity contribution in [3.05, 3.63) is 29.3 Å². The largest absolute Gasteiger partial charge is 0.496 e. The Morgan fingerprint density at radius 3 is 3.00 bits per heavy atom. The molecule has 4 nitrogen and oxygen atoms in total. The molecule has 0 aliphatic carbocycles. The first-order valence-electron chi connectivity index (χ1n) is 6.74. The van der Waals surface area contributed by atoms with Crippen LogP contribution in [0.15, 0.2) is 18.2 Å². The molecule has 1 aromatic carbocycles. The van der Waals surface area contributed by atoms with Gasteiger partial charge in [0, 0.05) is 6.42 Å². The number of hydrogen-bond donors (Lipinski definition) is 1. The standard InChI is InChI=1S/C15H21NO3/c1-11-5-6-14(18-2)12(10-11)7-9-19-15(17)13-4-3-8-16-13/h5-6,10,13,16H,3-4,7-9H2,1-2H3. The average Bonchev–Trinajstić information content (AvgIpc) is 2.93. The van der Waals surface area contributed by atoms with E-state index in [1.54, 1.807) is 7.11 Å². The highest BCUT2D eigenvalue weighted by atomic mass is 16.5. The van der Waals surface area contributed by atoms with Crippen molar-refractivity contribution in [3.63, 3.8) is 0 Å². The Morgan fingerprint density at radius 2 is 2.32 bits per heavy atom. The lowest BCUT2D eigenvalue weighted by Crippen LogP contribution is -2.32. The van der Waals surface area contributed by atoms with Gasteiger partial charge in [-0.3, -0.25) is 4.79 Å². The van der Waals surface area contributed by atoms with Gasteiger partial charge in [-0.1, -0.05) is 17.7 Å². The lowest BCUT2D eigenvalue weighted by Gasteiger charge is -2.12. The smallest absolute Gasteiger partial charge is 0.323 e.